The van der Waals surface area contributed by atoms with Crippen LogP contribution in [0.1, 0.15) is 13.3 Å². The number of carbonyl (C=O) groups excluding carboxylic acids is 1. The molecule has 0 saturated carbocycles. The van der Waals surface area contributed by atoms with Crippen LogP contribution in [0.4, 0.5) is 0 Å². The Morgan fingerprint density at radius 1 is 1.28 bits per heavy atom. The van der Waals surface area contributed by atoms with Gasteiger partial charge in [0.25, 0.3) is 0 Å². The zero-order chi connectivity index (χ0) is 18.0. The van der Waals surface area contributed by atoms with E-state index < -0.39 is 10.0 Å². The molecule has 2 aromatic rings. The zero-order valence-electron chi connectivity index (χ0n) is 14.1. The number of pyridine rings is 1. The van der Waals surface area contributed by atoms with Crippen LogP contribution >= 0.6 is 0 Å². The molecule has 1 amide bonds. The number of fused-ring (bicyclic) bond motifs is 1. The minimum Gasteiger partial charge on any atom is -0.340 e. The van der Waals surface area contributed by atoms with Crippen molar-refractivity contribution in [1.82, 2.24) is 14.2 Å². The molecule has 8 heteroatoms. The third-order valence-corrected chi connectivity index (χ3v) is 6.54. The van der Waals surface area contributed by atoms with Crippen molar-refractivity contribution < 1.29 is 13.2 Å². The van der Waals surface area contributed by atoms with E-state index in [1.165, 1.54) is 4.31 Å². The molecule has 1 aliphatic rings. The van der Waals surface area contributed by atoms with Gasteiger partial charge in [0.05, 0.1) is 11.4 Å². The van der Waals surface area contributed by atoms with Gasteiger partial charge in [0.1, 0.15) is 0 Å². The molecule has 1 aromatic carbocycles. The van der Waals surface area contributed by atoms with E-state index in [1.807, 2.05) is 6.92 Å². The van der Waals surface area contributed by atoms with Gasteiger partial charge in [-0.05, 0) is 36.9 Å². The van der Waals surface area contributed by atoms with Gasteiger partial charge in [-0.2, -0.15) is 4.31 Å². The lowest BCUT2D eigenvalue weighted by Gasteiger charge is -2.28. The molecule has 25 heavy (non-hydrogen) atoms. The number of rotatable bonds is 3. The topological polar surface area (TPSA) is 96.6 Å². The Morgan fingerprint density at radius 2 is 2.08 bits per heavy atom. The van der Waals surface area contributed by atoms with E-state index in [2.05, 4.69) is 4.98 Å². The zero-order valence-corrected chi connectivity index (χ0v) is 14.9. The first-order chi connectivity index (χ1) is 11.9. The second kappa shape index (κ2) is 7.07. The molecule has 1 aliphatic heterocycles. The molecule has 1 aromatic heterocycles. The van der Waals surface area contributed by atoms with Gasteiger partial charge >= 0.3 is 0 Å². The molecule has 1 saturated heterocycles. The van der Waals surface area contributed by atoms with E-state index in [4.69, 9.17) is 5.73 Å². The molecule has 2 N–H and O–H groups in total. The van der Waals surface area contributed by atoms with E-state index in [0.717, 1.165) is 10.8 Å². The molecule has 134 valence electrons. The van der Waals surface area contributed by atoms with Gasteiger partial charge in [-0.1, -0.05) is 6.07 Å². The fraction of sp³-hybridized carbons (Fsp3) is 0.412. The predicted molar refractivity (Wildman–Crippen MR) is 95.3 cm³/mol. The third kappa shape index (κ3) is 3.51. The number of amides is 1. The molecule has 3 rings (SSSR count). The standard InChI is InChI=1S/C17H22N4O3S/c1-13-12-20(17(22)10-18)7-2-8-21(13)25(23,24)16-4-3-15-11-19-6-5-14(15)9-16/h3-6,9,11,13H,2,7-8,10,12,18H2,1H3/t13-/m0/s1. The average molecular weight is 362 g/mol. The van der Waals surface area contributed by atoms with Crippen molar-refractivity contribution in [2.75, 3.05) is 26.2 Å². The molecule has 1 atom stereocenters. The maximum atomic E-state index is 13.1. The van der Waals surface area contributed by atoms with E-state index in [1.54, 1.807) is 41.6 Å². The van der Waals surface area contributed by atoms with Crippen molar-refractivity contribution in [1.29, 1.82) is 0 Å². The summed E-state index contributed by atoms with van der Waals surface area (Å²) in [5.74, 6) is -0.149. The maximum absolute atomic E-state index is 13.1. The number of hydrogen-bond acceptors (Lipinski definition) is 5. The van der Waals surface area contributed by atoms with Crippen LogP contribution in [0, 0.1) is 0 Å². The molecular formula is C17H22N4O3S. The number of carbonyl (C=O) groups is 1. The van der Waals surface area contributed by atoms with Gasteiger partial charge in [0, 0.05) is 43.5 Å². The molecule has 1 fully saturated rings. The Balaban J connectivity index is 1.91. The van der Waals surface area contributed by atoms with Crippen LogP contribution in [0.25, 0.3) is 10.8 Å². The molecule has 0 bridgehead atoms. The summed E-state index contributed by atoms with van der Waals surface area (Å²) in [4.78, 5) is 17.8. The minimum atomic E-state index is -3.64. The highest BCUT2D eigenvalue weighted by Crippen LogP contribution is 2.24. The first-order valence-electron chi connectivity index (χ1n) is 8.27. The van der Waals surface area contributed by atoms with E-state index in [-0.39, 0.29) is 23.4 Å². The highest BCUT2D eigenvalue weighted by molar-refractivity contribution is 7.89. The number of sulfonamides is 1. The molecule has 7 nitrogen and oxygen atoms in total. The number of benzene rings is 1. The largest absolute Gasteiger partial charge is 0.340 e. The highest BCUT2D eigenvalue weighted by Gasteiger charge is 2.33. The Kier molecular flexibility index (Phi) is 5.03. The molecule has 2 heterocycles. The summed E-state index contributed by atoms with van der Waals surface area (Å²) < 4.78 is 27.7. The number of nitrogens with two attached hydrogens (primary N) is 1. The van der Waals surface area contributed by atoms with Gasteiger partial charge in [-0.3, -0.25) is 9.78 Å². The summed E-state index contributed by atoms with van der Waals surface area (Å²) in [5, 5.41) is 1.73. The van der Waals surface area contributed by atoms with Crippen molar-refractivity contribution >= 4 is 26.7 Å². The Hall–Kier alpha value is -2.03. The van der Waals surface area contributed by atoms with Crippen molar-refractivity contribution in [2.24, 2.45) is 5.73 Å². The van der Waals surface area contributed by atoms with E-state index >= 15 is 0 Å². The normalized spacial score (nSPS) is 19.8. The maximum Gasteiger partial charge on any atom is 0.243 e. The smallest absolute Gasteiger partial charge is 0.243 e. The Labute approximate surface area is 147 Å². The lowest BCUT2D eigenvalue weighted by atomic mass is 10.2. The quantitative estimate of drug-likeness (QED) is 0.871. The SMILES string of the molecule is C[C@H]1CN(C(=O)CN)CCCN1S(=O)(=O)c1ccc2cnccc2c1. The summed E-state index contributed by atoms with van der Waals surface area (Å²) in [6, 6.07) is 6.53. The van der Waals surface area contributed by atoms with Gasteiger partial charge in [0.15, 0.2) is 0 Å². The fourth-order valence-corrected chi connectivity index (χ4v) is 4.91. The second-order valence-corrected chi connectivity index (χ2v) is 8.14. The van der Waals surface area contributed by atoms with Crippen molar-refractivity contribution in [2.45, 2.75) is 24.3 Å². The van der Waals surface area contributed by atoms with Crippen LogP contribution in [0.3, 0.4) is 0 Å². The van der Waals surface area contributed by atoms with Crippen LogP contribution in [0.2, 0.25) is 0 Å². The second-order valence-electron chi connectivity index (χ2n) is 6.25. The minimum absolute atomic E-state index is 0.0574. The summed E-state index contributed by atoms with van der Waals surface area (Å²) >= 11 is 0. The summed E-state index contributed by atoms with van der Waals surface area (Å²) in [7, 11) is -3.64. The van der Waals surface area contributed by atoms with E-state index in [9.17, 15) is 13.2 Å². The molecule has 0 unspecified atom stereocenters. The number of hydrogen-bond donors (Lipinski definition) is 1. The average Bonchev–Trinajstić information content (AvgIpc) is 2.82. The van der Waals surface area contributed by atoms with E-state index in [0.29, 0.717) is 26.1 Å². The van der Waals surface area contributed by atoms with Crippen molar-refractivity contribution in [3.05, 3.63) is 36.7 Å². The molecular weight excluding hydrogens is 340 g/mol. The third-order valence-electron chi connectivity index (χ3n) is 4.53. The van der Waals surface area contributed by atoms with Gasteiger partial charge in [-0.25, -0.2) is 8.42 Å². The number of aromatic nitrogens is 1. The van der Waals surface area contributed by atoms with Crippen LogP contribution in [-0.2, 0) is 14.8 Å². The first-order valence-corrected chi connectivity index (χ1v) is 9.71. The monoisotopic (exact) mass is 362 g/mol. The van der Waals surface area contributed by atoms with Gasteiger partial charge < -0.3 is 10.6 Å². The summed E-state index contributed by atoms with van der Waals surface area (Å²) in [5.41, 5.74) is 5.44. The van der Waals surface area contributed by atoms with Crippen LogP contribution in [0.15, 0.2) is 41.6 Å². The van der Waals surface area contributed by atoms with Crippen LogP contribution in [0.5, 0.6) is 0 Å². The van der Waals surface area contributed by atoms with Crippen LogP contribution in [-0.4, -0.2) is 60.7 Å². The van der Waals surface area contributed by atoms with Gasteiger partial charge in [-0.15, -0.1) is 0 Å². The summed E-state index contributed by atoms with van der Waals surface area (Å²) in [6.07, 6.45) is 3.94. The van der Waals surface area contributed by atoms with Gasteiger partial charge in [0.2, 0.25) is 15.9 Å². The highest BCUT2D eigenvalue weighted by atomic mass is 32.2. The predicted octanol–water partition coefficient (Wildman–Crippen LogP) is 0.805. The number of nitrogens with zero attached hydrogens (tertiary/aromatic N) is 3. The summed E-state index contributed by atoms with van der Waals surface area (Å²) in [6.45, 7) is 3.03. The fourth-order valence-electron chi connectivity index (χ4n) is 3.21. The molecule has 0 aliphatic carbocycles. The van der Waals surface area contributed by atoms with Crippen molar-refractivity contribution in [3.8, 4) is 0 Å². The van der Waals surface area contributed by atoms with Crippen molar-refractivity contribution in [3.63, 3.8) is 0 Å². The molecule has 0 spiro atoms. The Morgan fingerprint density at radius 3 is 2.84 bits per heavy atom. The first kappa shape index (κ1) is 17.8. The molecule has 0 radical (unpaired) electrons. The van der Waals surface area contributed by atoms with Crippen LogP contribution < -0.4 is 5.73 Å². The lowest BCUT2D eigenvalue weighted by molar-refractivity contribution is -0.129. The lowest BCUT2D eigenvalue weighted by Crippen LogP contribution is -2.45. The Bertz CT molecular complexity index is 884.